The van der Waals surface area contributed by atoms with Gasteiger partial charge in [-0.25, -0.2) is 22.0 Å². The molecule has 13 heteroatoms. The van der Waals surface area contributed by atoms with Crippen molar-refractivity contribution in [1.29, 1.82) is 0 Å². The van der Waals surface area contributed by atoms with E-state index in [0.29, 0.717) is 25.9 Å². The predicted octanol–water partition coefficient (Wildman–Crippen LogP) is 4.98. The molecule has 2 aromatic rings. The fraction of sp³-hybridized carbons (Fsp3) is 0.634. The van der Waals surface area contributed by atoms with Crippen LogP contribution in [0.3, 0.4) is 0 Å². The number of halogens is 2. The summed E-state index contributed by atoms with van der Waals surface area (Å²) in [6, 6.07) is 13.8. The van der Waals surface area contributed by atoms with E-state index in [0.717, 1.165) is 82.5 Å². The molecule has 2 N–H and O–H groups in total. The van der Waals surface area contributed by atoms with Crippen molar-refractivity contribution < 1.29 is 31.8 Å². The zero-order chi connectivity index (χ0) is 38.1. The number of carbonyl (C=O) groups excluding carboxylic acids is 1. The van der Waals surface area contributed by atoms with Crippen LogP contribution in [0.25, 0.3) is 0 Å². The van der Waals surface area contributed by atoms with Crippen LogP contribution in [-0.4, -0.2) is 130 Å². The Morgan fingerprint density at radius 2 is 1.76 bits per heavy atom. The number of ether oxygens (including phenoxy) is 1. The summed E-state index contributed by atoms with van der Waals surface area (Å²) in [4.78, 5) is 21.1. The van der Waals surface area contributed by atoms with Crippen LogP contribution in [0.5, 0.6) is 0 Å². The lowest BCUT2D eigenvalue weighted by Crippen LogP contribution is -2.65. The number of nitrogens with zero attached hydrogens (tertiary/aromatic N) is 4. The zero-order valence-corrected chi connectivity index (χ0v) is 32.4. The molecule has 5 aliphatic rings. The third-order valence-electron chi connectivity index (χ3n) is 13.2. The van der Waals surface area contributed by atoms with Crippen molar-refractivity contribution in [2.75, 3.05) is 77.5 Å². The quantitative estimate of drug-likeness (QED) is 0.273. The Balaban J connectivity index is 1.00. The van der Waals surface area contributed by atoms with Gasteiger partial charge >= 0.3 is 6.09 Å². The highest BCUT2D eigenvalue weighted by atomic mass is 32.2. The summed E-state index contributed by atoms with van der Waals surface area (Å²) in [5.41, 5.74) is 0.0399. The SMILES string of the molecule is C=CC(O)N1CCCC(S(=O)(=O)c2ccc(N3CC(F)(CN4CCC(C(CN5CCC5)(c5cccc(F)c5)[C@H]5CCC[C@@H]5NC(=O)OC)CC4)C3)cc2)C1. The van der Waals surface area contributed by atoms with Crippen LogP contribution < -0.4 is 10.2 Å². The van der Waals surface area contributed by atoms with Gasteiger partial charge in [-0.05, 0) is 131 Å². The summed E-state index contributed by atoms with van der Waals surface area (Å²) in [7, 11) is -2.21. The molecule has 3 unspecified atom stereocenters. The molecule has 1 amide bonds. The van der Waals surface area contributed by atoms with Gasteiger partial charge in [0.25, 0.3) is 0 Å². The molecule has 0 radical (unpaired) electrons. The number of aliphatic hydroxyl groups is 1. The summed E-state index contributed by atoms with van der Waals surface area (Å²) in [6.45, 7) is 9.62. The first-order valence-corrected chi connectivity index (χ1v) is 21.4. The number of likely N-dealkylation sites (tertiary alicyclic amines) is 3. The van der Waals surface area contributed by atoms with Crippen LogP contribution in [0, 0.1) is 17.7 Å². The van der Waals surface area contributed by atoms with Crippen molar-refractivity contribution in [2.24, 2.45) is 11.8 Å². The van der Waals surface area contributed by atoms with Crippen molar-refractivity contribution in [3.8, 4) is 0 Å². The maximum Gasteiger partial charge on any atom is 0.407 e. The molecule has 2 aromatic carbocycles. The molecule has 0 spiro atoms. The third-order valence-corrected chi connectivity index (χ3v) is 15.4. The fourth-order valence-corrected chi connectivity index (χ4v) is 12.1. The standard InChI is InChI=1S/C41H57F2N5O5S/c1-3-38(49)47-21-6-10-35(25-47)54(51,52)34-15-13-33(14-16-34)48-27-40(43,28-48)26-46-22-17-30(18-23-46)41(29-45-19-7-20-45,31-8-4-9-32(42)24-31)36-11-5-12-37(36)44-39(50)53-2/h3-4,8-9,13-16,24,30,35-38,49H,1,5-7,10-12,17-23,25-29H2,2H3,(H,44,50)/t35?,36-,37-,38?,41?/m0/s1. The molecule has 0 bridgehead atoms. The molecule has 296 valence electrons. The monoisotopic (exact) mass is 769 g/mol. The Morgan fingerprint density at radius 1 is 1.02 bits per heavy atom. The minimum absolute atomic E-state index is 0.0711. The molecule has 1 saturated carbocycles. The number of sulfone groups is 1. The Morgan fingerprint density at radius 3 is 2.41 bits per heavy atom. The Kier molecular flexibility index (Phi) is 11.7. The van der Waals surface area contributed by atoms with E-state index in [-0.39, 0.29) is 53.6 Å². The summed E-state index contributed by atoms with van der Waals surface area (Å²) in [5, 5.41) is 12.7. The number of rotatable bonds is 13. The molecular formula is C41H57F2N5O5S. The molecule has 4 heterocycles. The van der Waals surface area contributed by atoms with Crippen molar-refractivity contribution >= 4 is 21.6 Å². The number of carbonyl (C=O) groups is 1. The Bertz CT molecular complexity index is 1730. The minimum atomic E-state index is -3.60. The van der Waals surface area contributed by atoms with Crippen LogP contribution >= 0.6 is 0 Å². The molecule has 1 aliphatic carbocycles. The number of methoxy groups -OCH3 is 1. The van der Waals surface area contributed by atoms with Crippen molar-refractivity contribution in [1.82, 2.24) is 20.0 Å². The van der Waals surface area contributed by atoms with Crippen LogP contribution in [0.1, 0.15) is 56.9 Å². The van der Waals surface area contributed by atoms with Gasteiger partial charge in [0.05, 0.1) is 30.3 Å². The number of hydrogen-bond donors (Lipinski definition) is 2. The average molecular weight is 770 g/mol. The van der Waals surface area contributed by atoms with Crippen molar-refractivity contribution in [3.05, 3.63) is 72.6 Å². The number of alkyl carbamates (subject to hydrolysis) is 1. The van der Waals surface area contributed by atoms with Crippen molar-refractivity contribution in [2.45, 2.75) is 84.9 Å². The first-order chi connectivity index (χ1) is 25.9. The van der Waals surface area contributed by atoms with E-state index in [4.69, 9.17) is 4.74 Å². The van der Waals surface area contributed by atoms with E-state index in [1.165, 1.54) is 19.3 Å². The number of anilines is 1. The zero-order valence-electron chi connectivity index (χ0n) is 31.6. The highest BCUT2D eigenvalue weighted by Gasteiger charge is 2.54. The molecule has 0 aromatic heterocycles. The summed E-state index contributed by atoms with van der Waals surface area (Å²) >= 11 is 0. The smallest absolute Gasteiger partial charge is 0.407 e. The molecule has 7 rings (SSSR count). The molecular weight excluding hydrogens is 713 g/mol. The lowest BCUT2D eigenvalue weighted by atomic mass is 9.57. The van der Waals surface area contributed by atoms with Gasteiger partial charge in [0, 0.05) is 43.3 Å². The number of hydrogen-bond acceptors (Lipinski definition) is 9. The maximum atomic E-state index is 16.3. The number of alkyl halides is 1. The Labute approximate surface area is 319 Å². The first-order valence-electron chi connectivity index (χ1n) is 19.8. The molecule has 10 nitrogen and oxygen atoms in total. The van der Waals surface area contributed by atoms with E-state index >= 15 is 4.39 Å². The van der Waals surface area contributed by atoms with Gasteiger partial charge in [0.2, 0.25) is 0 Å². The predicted molar refractivity (Wildman–Crippen MR) is 205 cm³/mol. The number of benzene rings is 2. The van der Waals surface area contributed by atoms with Gasteiger partial charge in [0.1, 0.15) is 12.0 Å². The second-order valence-electron chi connectivity index (χ2n) is 16.5. The van der Waals surface area contributed by atoms with Crippen molar-refractivity contribution in [3.63, 3.8) is 0 Å². The summed E-state index contributed by atoms with van der Waals surface area (Å²) in [5.74, 6) is 0.0967. The highest BCUT2D eigenvalue weighted by Crippen LogP contribution is 2.51. The van der Waals surface area contributed by atoms with E-state index in [1.807, 2.05) is 11.0 Å². The molecule has 5 fully saturated rings. The largest absolute Gasteiger partial charge is 0.453 e. The van der Waals surface area contributed by atoms with Gasteiger partial charge in [-0.2, -0.15) is 0 Å². The molecule has 4 saturated heterocycles. The van der Waals surface area contributed by atoms with Crippen LogP contribution in [-0.2, 0) is 20.0 Å². The molecule has 5 atom stereocenters. The number of nitrogens with one attached hydrogen (secondary N) is 1. The molecule has 54 heavy (non-hydrogen) atoms. The van der Waals surface area contributed by atoms with Gasteiger partial charge in [-0.3, -0.25) is 9.80 Å². The van der Waals surface area contributed by atoms with E-state index in [1.54, 1.807) is 35.2 Å². The summed E-state index contributed by atoms with van der Waals surface area (Å²) in [6.07, 6.45) is 6.97. The van der Waals surface area contributed by atoms with E-state index in [9.17, 15) is 22.7 Å². The minimum Gasteiger partial charge on any atom is -0.453 e. The maximum absolute atomic E-state index is 16.3. The van der Waals surface area contributed by atoms with E-state index in [2.05, 4.69) is 27.8 Å². The van der Waals surface area contributed by atoms with Gasteiger partial charge in [0.15, 0.2) is 15.5 Å². The van der Waals surface area contributed by atoms with E-state index < -0.39 is 33.1 Å². The van der Waals surface area contributed by atoms with Crippen LogP contribution in [0.2, 0.25) is 0 Å². The fourth-order valence-electron chi connectivity index (χ4n) is 10.3. The van der Waals surface area contributed by atoms with Gasteiger partial charge in [-0.15, -0.1) is 0 Å². The third kappa shape index (κ3) is 7.94. The second-order valence-corrected chi connectivity index (χ2v) is 18.7. The lowest BCUT2D eigenvalue weighted by molar-refractivity contribution is 0.00584. The average Bonchev–Trinajstić information content (AvgIpc) is 3.62. The van der Waals surface area contributed by atoms with Crippen LogP contribution in [0.15, 0.2) is 66.1 Å². The number of piperidine rings is 2. The highest BCUT2D eigenvalue weighted by molar-refractivity contribution is 7.92. The van der Waals surface area contributed by atoms with Crippen LogP contribution in [0.4, 0.5) is 19.3 Å². The topological polar surface area (TPSA) is 106 Å². The summed E-state index contributed by atoms with van der Waals surface area (Å²) < 4.78 is 63.2. The molecule has 4 aliphatic heterocycles. The number of amides is 1. The second kappa shape index (κ2) is 16.2. The first kappa shape index (κ1) is 39.1. The van der Waals surface area contributed by atoms with Gasteiger partial charge in [-0.1, -0.05) is 25.1 Å². The Hall–Kier alpha value is -3.10. The normalized spacial score (nSPS) is 27.3. The lowest BCUT2D eigenvalue weighted by Gasteiger charge is -2.54. The van der Waals surface area contributed by atoms with Gasteiger partial charge < -0.3 is 25.0 Å². The number of aliphatic hydroxyl groups excluding tert-OH is 1.